The summed E-state index contributed by atoms with van der Waals surface area (Å²) in [6.07, 6.45) is 1.36. The van der Waals surface area contributed by atoms with Crippen LogP contribution in [-0.2, 0) is 6.61 Å². The molecule has 0 aliphatic rings. The van der Waals surface area contributed by atoms with E-state index in [1.807, 2.05) is 0 Å². The summed E-state index contributed by atoms with van der Waals surface area (Å²) >= 11 is 5.67. The van der Waals surface area contributed by atoms with Crippen molar-refractivity contribution in [2.75, 3.05) is 5.32 Å². The van der Waals surface area contributed by atoms with Gasteiger partial charge in [0.15, 0.2) is 0 Å². The van der Waals surface area contributed by atoms with Crippen LogP contribution in [0.15, 0.2) is 36.5 Å². The van der Waals surface area contributed by atoms with E-state index in [2.05, 4.69) is 10.3 Å². The predicted octanol–water partition coefficient (Wildman–Crippen LogP) is 2.62. The van der Waals surface area contributed by atoms with E-state index < -0.39 is 18.3 Å². The van der Waals surface area contributed by atoms with Crippen LogP contribution in [0.3, 0.4) is 0 Å². The molecule has 0 aliphatic heterocycles. The average Bonchev–Trinajstić information content (AvgIpc) is 2.41. The molecule has 0 bridgehead atoms. The molecule has 0 radical (unpaired) electrons. The van der Waals surface area contributed by atoms with Crippen molar-refractivity contribution in [1.29, 1.82) is 0 Å². The van der Waals surface area contributed by atoms with E-state index in [1.165, 1.54) is 30.5 Å². The Kier molecular flexibility index (Phi) is 4.09. The molecule has 1 aromatic heterocycles. The lowest BCUT2D eigenvalue weighted by molar-refractivity contribution is 0.102. The molecule has 1 amide bonds. The number of aromatic nitrogens is 1. The summed E-state index contributed by atoms with van der Waals surface area (Å²) in [5, 5.41) is 11.9. The number of rotatable bonds is 3. The number of hydrogen-bond acceptors (Lipinski definition) is 3. The van der Waals surface area contributed by atoms with Gasteiger partial charge >= 0.3 is 0 Å². The number of benzene rings is 1. The smallest absolute Gasteiger partial charge is 0.274 e. The summed E-state index contributed by atoms with van der Waals surface area (Å²) in [6, 6.07) is 6.98. The predicted molar refractivity (Wildman–Crippen MR) is 69.5 cm³/mol. The van der Waals surface area contributed by atoms with Crippen LogP contribution in [0.5, 0.6) is 0 Å². The molecule has 4 nitrogen and oxygen atoms in total. The largest absolute Gasteiger partial charge is 0.392 e. The van der Waals surface area contributed by atoms with Crippen molar-refractivity contribution in [2.24, 2.45) is 0 Å². The number of pyridine rings is 1. The average molecular weight is 281 g/mol. The minimum Gasteiger partial charge on any atom is -0.392 e. The fraction of sp³-hybridized carbons (Fsp3) is 0.0769. The van der Waals surface area contributed by atoms with E-state index in [0.717, 1.165) is 0 Å². The van der Waals surface area contributed by atoms with Gasteiger partial charge < -0.3 is 10.4 Å². The van der Waals surface area contributed by atoms with Gasteiger partial charge in [-0.2, -0.15) is 0 Å². The van der Waals surface area contributed by atoms with E-state index in [4.69, 9.17) is 16.7 Å². The SMILES string of the molecule is O=C(Nc1ccc(F)c(CO)c1)c1ccc(Cl)cn1. The molecule has 2 rings (SSSR count). The number of anilines is 1. The first-order chi connectivity index (χ1) is 9.10. The zero-order chi connectivity index (χ0) is 13.8. The number of halogens is 2. The molecule has 1 heterocycles. The minimum atomic E-state index is -0.523. The molecule has 0 atom stereocenters. The summed E-state index contributed by atoms with van der Waals surface area (Å²) in [6.45, 7) is -0.436. The molecule has 2 aromatic rings. The van der Waals surface area contributed by atoms with Gasteiger partial charge in [-0.3, -0.25) is 4.79 Å². The number of carbonyl (C=O) groups excluding carboxylic acids is 1. The molecule has 6 heteroatoms. The maximum absolute atomic E-state index is 13.2. The Bertz CT molecular complexity index is 602. The molecule has 0 saturated carbocycles. The molecule has 19 heavy (non-hydrogen) atoms. The normalized spacial score (nSPS) is 10.3. The molecule has 0 saturated heterocycles. The number of hydrogen-bond donors (Lipinski definition) is 2. The van der Waals surface area contributed by atoms with Gasteiger partial charge in [0, 0.05) is 17.4 Å². The number of amides is 1. The molecule has 0 unspecified atom stereocenters. The van der Waals surface area contributed by atoms with Gasteiger partial charge in [0.25, 0.3) is 5.91 Å². The molecular formula is C13H10ClFN2O2. The second-order valence-corrected chi connectivity index (χ2v) is 4.22. The van der Waals surface area contributed by atoms with Gasteiger partial charge in [-0.05, 0) is 30.3 Å². The van der Waals surface area contributed by atoms with Crippen molar-refractivity contribution < 1.29 is 14.3 Å². The lowest BCUT2D eigenvalue weighted by Crippen LogP contribution is -2.13. The minimum absolute atomic E-state index is 0.113. The second-order valence-electron chi connectivity index (χ2n) is 3.78. The molecule has 0 aliphatic carbocycles. The molecule has 0 fully saturated rings. The molecule has 0 spiro atoms. The van der Waals surface area contributed by atoms with Crippen molar-refractivity contribution in [1.82, 2.24) is 4.98 Å². The van der Waals surface area contributed by atoms with Crippen molar-refractivity contribution in [3.63, 3.8) is 0 Å². The highest BCUT2D eigenvalue weighted by Gasteiger charge is 2.09. The standard InChI is InChI=1S/C13H10ClFN2O2/c14-9-1-4-12(16-6-9)13(19)17-10-2-3-11(15)8(5-10)7-18/h1-6,18H,7H2,(H,17,19). The zero-order valence-corrected chi connectivity index (χ0v) is 10.5. The second kappa shape index (κ2) is 5.77. The van der Waals surface area contributed by atoms with Gasteiger partial charge in [0.05, 0.1) is 11.6 Å². The van der Waals surface area contributed by atoms with E-state index in [9.17, 15) is 9.18 Å². The summed E-state index contributed by atoms with van der Waals surface area (Å²) in [5.74, 6) is -0.961. The van der Waals surface area contributed by atoms with Crippen LogP contribution in [0.25, 0.3) is 0 Å². The van der Waals surface area contributed by atoms with E-state index in [1.54, 1.807) is 6.07 Å². The lowest BCUT2D eigenvalue weighted by Gasteiger charge is -2.07. The van der Waals surface area contributed by atoms with Crippen molar-refractivity contribution in [3.8, 4) is 0 Å². The fourth-order valence-corrected chi connectivity index (χ4v) is 1.59. The highest BCUT2D eigenvalue weighted by atomic mass is 35.5. The van der Waals surface area contributed by atoms with Gasteiger partial charge in [-0.1, -0.05) is 11.6 Å². The summed E-state index contributed by atoms with van der Waals surface area (Å²) in [7, 11) is 0. The molecule has 1 aromatic carbocycles. The van der Waals surface area contributed by atoms with Crippen LogP contribution < -0.4 is 5.32 Å². The topological polar surface area (TPSA) is 62.2 Å². The van der Waals surface area contributed by atoms with Gasteiger partial charge in [0.2, 0.25) is 0 Å². The fourth-order valence-electron chi connectivity index (χ4n) is 1.48. The number of aliphatic hydroxyl groups excluding tert-OH is 1. The molecule has 98 valence electrons. The number of carbonyl (C=O) groups is 1. The Morgan fingerprint density at radius 3 is 2.79 bits per heavy atom. The number of nitrogens with zero attached hydrogens (tertiary/aromatic N) is 1. The third kappa shape index (κ3) is 3.27. The first-order valence-corrected chi connectivity index (χ1v) is 5.80. The molecular weight excluding hydrogens is 271 g/mol. The Hall–Kier alpha value is -1.98. The lowest BCUT2D eigenvalue weighted by atomic mass is 10.2. The van der Waals surface area contributed by atoms with Crippen molar-refractivity contribution in [2.45, 2.75) is 6.61 Å². The summed E-state index contributed by atoms with van der Waals surface area (Å²) in [5.41, 5.74) is 0.688. The number of nitrogens with one attached hydrogen (secondary N) is 1. The highest BCUT2D eigenvalue weighted by molar-refractivity contribution is 6.30. The maximum Gasteiger partial charge on any atom is 0.274 e. The van der Waals surface area contributed by atoms with E-state index in [0.29, 0.717) is 10.7 Å². The summed E-state index contributed by atoms with van der Waals surface area (Å²) < 4.78 is 13.2. The molecule has 2 N–H and O–H groups in total. The zero-order valence-electron chi connectivity index (χ0n) is 9.73. The van der Waals surface area contributed by atoms with Crippen LogP contribution in [-0.4, -0.2) is 16.0 Å². The monoisotopic (exact) mass is 280 g/mol. The van der Waals surface area contributed by atoms with Crippen LogP contribution in [0.1, 0.15) is 16.1 Å². The third-order valence-corrected chi connectivity index (χ3v) is 2.66. The Labute approximate surface area is 113 Å². The number of aliphatic hydroxyl groups is 1. The van der Waals surface area contributed by atoms with E-state index >= 15 is 0 Å². The van der Waals surface area contributed by atoms with Crippen LogP contribution in [0.4, 0.5) is 10.1 Å². The Morgan fingerprint density at radius 1 is 1.37 bits per heavy atom. The first-order valence-electron chi connectivity index (χ1n) is 5.42. The van der Waals surface area contributed by atoms with Crippen LogP contribution in [0, 0.1) is 5.82 Å². The van der Waals surface area contributed by atoms with Gasteiger partial charge in [-0.25, -0.2) is 9.37 Å². The highest BCUT2D eigenvalue weighted by Crippen LogP contribution is 2.16. The maximum atomic E-state index is 13.2. The van der Waals surface area contributed by atoms with Crippen molar-refractivity contribution >= 4 is 23.2 Å². The van der Waals surface area contributed by atoms with E-state index in [-0.39, 0.29) is 11.3 Å². The van der Waals surface area contributed by atoms with Crippen LogP contribution >= 0.6 is 11.6 Å². The van der Waals surface area contributed by atoms with Crippen LogP contribution in [0.2, 0.25) is 5.02 Å². The summed E-state index contributed by atoms with van der Waals surface area (Å²) in [4.78, 5) is 15.7. The quantitative estimate of drug-likeness (QED) is 0.908. The third-order valence-electron chi connectivity index (χ3n) is 2.43. The first kappa shape index (κ1) is 13.5. The Morgan fingerprint density at radius 2 is 2.16 bits per heavy atom. The van der Waals surface area contributed by atoms with Crippen molar-refractivity contribution in [3.05, 3.63) is 58.6 Å². The Balaban J connectivity index is 2.17. The van der Waals surface area contributed by atoms with Gasteiger partial charge in [0.1, 0.15) is 11.5 Å². The van der Waals surface area contributed by atoms with Gasteiger partial charge in [-0.15, -0.1) is 0 Å².